The van der Waals surface area contributed by atoms with Crippen molar-refractivity contribution in [2.75, 3.05) is 29.6 Å². The molecule has 4 N–H and O–H groups in total. The Hall–Kier alpha value is -2.90. The van der Waals surface area contributed by atoms with Gasteiger partial charge in [0.15, 0.2) is 0 Å². The zero-order valence-corrected chi connectivity index (χ0v) is 14.4. The molecule has 8 nitrogen and oxygen atoms in total. The van der Waals surface area contributed by atoms with Crippen molar-refractivity contribution in [3.8, 4) is 0 Å². The molecule has 128 valence electrons. The molecule has 0 bridgehead atoms. The van der Waals surface area contributed by atoms with Gasteiger partial charge in [-0.05, 0) is 17.7 Å². The van der Waals surface area contributed by atoms with Gasteiger partial charge < -0.3 is 21.3 Å². The molecule has 2 rings (SSSR count). The zero-order valence-electron chi connectivity index (χ0n) is 14.4. The number of primary amides is 1. The lowest BCUT2D eigenvalue weighted by Crippen LogP contribution is -2.19. The summed E-state index contributed by atoms with van der Waals surface area (Å²) in [6.07, 6.45) is 0. The fraction of sp³-hybridized carbons (Fsp3) is 0.375. The summed E-state index contributed by atoms with van der Waals surface area (Å²) < 4.78 is 0. The quantitative estimate of drug-likeness (QED) is 0.749. The minimum atomic E-state index is -0.580. The van der Waals surface area contributed by atoms with Gasteiger partial charge in [0.1, 0.15) is 5.82 Å². The second kappa shape index (κ2) is 7.58. The molecule has 0 unspecified atom stereocenters. The van der Waals surface area contributed by atoms with Gasteiger partial charge >= 0.3 is 6.03 Å². The molecule has 24 heavy (non-hydrogen) atoms. The highest BCUT2D eigenvalue weighted by molar-refractivity contribution is 5.87. The summed E-state index contributed by atoms with van der Waals surface area (Å²) >= 11 is 0. The minimum absolute atomic E-state index is 0.214. The Labute approximate surface area is 141 Å². The number of carbonyl (C=O) groups excluding carboxylic acids is 1. The van der Waals surface area contributed by atoms with Gasteiger partial charge in [-0.15, -0.1) is 0 Å². The number of nitrogens with two attached hydrogens (primary N) is 1. The molecule has 1 heterocycles. The lowest BCUT2D eigenvalue weighted by Gasteiger charge is -2.15. The summed E-state index contributed by atoms with van der Waals surface area (Å²) in [6.45, 7) is 4.65. The van der Waals surface area contributed by atoms with Gasteiger partial charge in [-0.1, -0.05) is 26.0 Å². The van der Waals surface area contributed by atoms with E-state index in [0.29, 0.717) is 24.1 Å². The van der Waals surface area contributed by atoms with E-state index < -0.39 is 6.03 Å². The first-order valence-corrected chi connectivity index (χ1v) is 7.67. The van der Waals surface area contributed by atoms with Gasteiger partial charge in [-0.2, -0.15) is 15.0 Å². The molecule has 0 fully saturated rings. The molecule has 0 saturated carbocycles. The lowest BCUT2D eigenvalue weighted by atomic mass is 10.2. The van der Waals surface area contributed by atoms with Crippen LogP contribution in [-0.4, -0.2) is 35.1 Å². The fourth-order valence-corrected chi connectivity index (χ4v) is 1.95. The molecular formula is C16H23N7O. The van der Waals surface area contributed by atoms with Crippen LogP contribution in [0.5, 0.6) is 0 Å². The molecule has 0 radical (unpaired) electrons. The first-order valence-electron chi connectivity index (χ1n) is 7.67. The number of aromatic nitrogens is 3. The van der Waals surface area contributed by atoms with Gasteiger partial charge in [0.2, 0.25) is 11.9 Å². The molecule has 0 aliphatic heterocycles. The van der Waals surface area contributed by atoms with Gasteiger partial charge in [0.25, 0.3) is 0 Å². The summed E-state index contributed by atoms with van der Waals surface area (Å²) in [5, 5.41) is 5.74. The molecule has 2 amide bonds. The van der Waals surface area contributed by atoms with Gasteiger partial charge in [-0.25, -0.2) is 4.79 Å². The van der Waals surface area contributed by atoms with Crippen LogP contribution >= 0.6 is 0 Å². The van der Waals surface area contributed by atoms with Crippen LogP contribution in [-0.2, 0) is 6.54 Å². The first-order chi connectivity index (χ1) is 11.3. The van der Waals surface area contributed by atoms with Crippen molar-refractivity contribution >= 4 is 23.6 Å². The van der Waals surface area contributed by atoms with Crippen molar-refractivity contribution in [1.29, 1.82) is 0 Å². The number of nitrogens with one attached hydrogen (secondary N) is 2. The maximum absolute atomic E-state index is 10.8. The van der Waals surface area contributed by atoms with Crippen LogP contribution in [0, 0.1) is 0 Å². The highest BCUT2D eigenvalue weighted by Gasteiger charge is 2.10. The normalized spacial score (nSPS) is 10.5. The predicted molar refractivity (Wildman–Crippen MR) is 95.2 cm³/mol. The SMILES string of the molecule is CC(C)c1nc(NCc2ccc(NC(N)=O)cc2)nc(N(C)C)n1. The van der Waals surface area contributed by atoms with E-state index in [0.717, 1.165) is 11.4 Å². The second-order valence-electron chi connectivity index (χ2n) is 5.91. The Kier molecular flexibility index (Phi) is 5.51. The molecule has 1 aromatic carbocycles. The van der Waals surface area contributed by atoms with Crippen molar-refractivity contribution in [3.63, 3.8) is 0 Å². The Morgan fingerprint density at radius 1 is 1.17 bits per heavy atom. The average Bonchev–Trinajstić information content (AvgIpc) is 2.53. The molecule has 0 atom stereocenters. The third kappa shape index (κ3) is 4.80. The van der Waals surface area contributed by atoms with E-state index in [2.05, 4.69) is 25.6 Å². The Bertz CT molecular complexity index is 672. The highest BCUT2D eigenvalue weighted by Crippen LogP contribution is 2.16. The number of anilines is 3. The molecule has 0 aliphatic carbocycles. The Morgan fingerprint density at radius 3 is 2.38 bits per heavy atom. The summed E-state index contributed by atoms with van der Waals surface area (Å²) in [5.41, 5.74) is 6.77. The van der Waals surface area contributed by atoms with E-state index in [1.54, 1.807) is 12.1 Å². The second-order valence-corrected chi connectivity index (χ2v) is 5.91. The van der Waals surface area contributed by atoms with Crippen molar-refractivity contribution in [3.05, 3.63) is 35.7 Å². The third-order valence-electron chi connectivity index (χ3n) is 3.23. The van der Waals surface area contributed by atoms with Crippen LogP contribution in [0.2, 0.25) is 0 Å². The van der Waals surface area contributed by atoms with Crippen LogP contribution in [0.15, 0.2) is 24.3 Å². The third-order valence-corrected chi connectivity index (χ3v) is 3.23. The van der Waals surface area contributed by atoms with Crippen molar-refractivity contribution < 1.29 is 4.79 Å². The van der Waals surface area contributed by atoms with Crippen LogP contribution in [0.4, 0.5) is 22.4 Å². The number of hydrogen-bond donors (Lipinski definition) is 3. The molecule has 0 spiro atoms. The number of urea groups is 1. The molecule has 0 saturated heterocycles. The zero-order chi connectivity index (χ0) is 17.7. The van der Waals surface area contributed by atoms with E-state index in [1.165, 1.54) is 0 Å². The number of carbonyl (C=O) groups is 1. The van der Waals surface area contributed by atoms with E-state index >= 15 is 0 Å². The Morgan fingerprint density at radius 2 is 1.83 bits per heavy atom. The van der Waals surface area contributed by atoms with Gasteiger partial charge in [-0.3, -0.25) is 0 Å². The molecule has 2 aromatic rings. The smallest absolute Gasteiger partial charge is 0.316 e. The topological polar surface area (TPSA) is 109 Å². The number of rotatable bonds is 6. The van der Waals surface area contributed by atoms with E-state index in [-0.39, 0.29) is 5.92 Å². The molecule has 1 aromatic heterocycles. The predicted octanol–water partition coefficient (Wildman–Crippen LogP) is 2.16. The fourth-order valence-electron chi connectivity index (χ4n) is 1.95. The minimum Gasteiger partial charge on any atom is -0.351 e. The lowest BCUT2D eigenvalue weighted by molar-refractivity contribution is 0.259. The number of nitrogens with zero attached hydrogens (tertiary/aromatic N) is 4. The summed E-state index contributed by atoms with van der Waals surface area (Å²) in [4.78, 5) is 26.0. The maximum Gasteiger partial charge on any atom is 0.316 e. The monoisotopic (exact) mass is 329 g/mol. The summed E-state index contributed by atoms with van der Waals surface area (Å²) in [5.74, 6) is 2.12. The van der Waals surface area contributed by atoms with E-state index in [9.17, 15) is 4.79 Å². The Balaban J connectivity index is 2.09. The summed E-state index contributed by atoms with van der Waals surface area (Å²) in [6, 6.07) is 6.80. The highest BCUT2D eigenvalue weighted by atomic mass is 16.2. The average molecular weight is 329 g/mol. The molecule has 0 aliphatic rings. The standard InChI is InChI=1S/C16H23N7O/c1-10(2)13-20-15(22-16(21-13)23(3)4)18-9-11-5-7-12(8-6-11)19-14(17)24/h5-8,10H,9H2,1-4H3,(H3,17,19,24)(H,18,20,21,22). The first kappa shape index (κ1) is 17.5. The van der Waals surface area contributed by atoms with Crippen molar-refractivity contribution in [2.45, 2.75) is 26.3 Å². The molecule has 8 heteroatoms. The number of amides is 2. The van der Waals surface area contributed by atoms with Crippen LogP contribution in [0.1, 0.15) is 31.2 Å². The van der Waals surface area contributed by atoms with Gasteiger partial charge in [0, 0.05) is 32.2 Å². The molecular weight excluding hydrogens is 306 g/mol. The van der Waals surface area contributed by atoms with Crippen molar-refractivity contribution in [2.24, 2.45) is 5.73 Å². The van der Waals surface area contributed by atoms with Crippen LogP contribution in [0.25, 0.3) is 0 Å². The largest absolute Gasteiger partial charge is 0.351 e. The van der Waals surface area contributed by atoms with E-state index in [4.69, 9.17) is 5.73 Å². The maximum atomic E-state index is 10.8. The van der Waals surface area contributed by atoms with Crippen LogP contribution < -0.4 is 21.3 Å². The summed E-state index contributed by atoms with van der Waals surface area (Å²) in [7, 11) is 3.79. The van der Waals surface area contributed by atoms with E-state index in [1.807, 2.05) is 45.0 Å². The van der Waals surface area contributed by atoms with Crippen molar-refractivity contribution in [1.82, 2.24) is 15.0 Å². The van der Waals surface area contributed by atoms with Crippen LogP contribution in [0.3, 0.4) is 0 Å². The van der Waals surface area contributed by atoms with Gasteiger partial charge in [0.05, 0.1) is 0 Å². The number of hydrogen-bond acceptors (Lipinski definition) is 6. The number of benzene rings is 1.